The smallest absolute Gasteiger partial charge is 0.220 e. The molecule has 1 N–H and O–H groups in total. The number of para-hydroxylation sites is 1. The van der Waals surface area contributed by atoms with E-state index < -0.39 is 5.82 Å². The number of carbonyl (C=O) groups is 1. The fourth-order valence-corrected chi connectivity index (χ4v) is 3.86. The Morgan fingerprint density at radius 1 is 1.30 bits per heavy atom. The maximum Gasteiger partial charge on any atom is 0.220 e. The number of aromatic nitrogens is 4. The lowest BCUT2D eigenvalue weighted by Crippen LogP contribution is -2.26. The Morgan fingerprint density at radius 2 is 2.12 bits per heavy atom. The van der Waals surface area contributed by atoms with Gasteiger partial charge in [-0.1, -0.05) is 30.7 Å². The van der Waals surface area contributed by atoms with Crippen molar-refractivity contribution >= 4 is 28.4 Å². The molecule has 0 radical (unpaired) electrons. The molecular formula is C24H23ClFN5O2. The number of aryl methyl sites for hydroxylation is 1. The number of nitrogens with zero attached hydrogens (tertiary/aromatic N) is 4. The Hall–Kier alpha value is -3.52. The van der Waals surface area contributed by atoms with Crippen LogP contribution in [0.3, 0.4) is 0 Å². The first-order valence-corrected chi connectivity index (χ1v) is 10.9. The highest BCUT2D eigenvalue weighted by Crippen LogP contribution is 2.31. The molecule has 0 aliphatic rings. The lowest BCUT2D eigenvalue weighted by molar-refractivity contribution is -0.121. The first-order valence-electron chi connectivity index (χ1n) is 10.5. The molecular weight excluding hydrogens is 445 g/mol. The first kappa shape index (κ1) is 22.7. The van der Waals surface area contributed by atoms with Crippen molar-refractivity contribution in [1.29, 1.82) is 0 Å². The molecule has 1 amide bonds. The normalized spacial score (nSPS) is 12.0. The summed E-state index contributed by atoms with van der Waals surface area (Å²) in [5.74, 6) is 0.0639. The summed E-state index contributed by atoms with van der Waals surface area (Å²) >= 11 is 6.44. The summed E-state index contributed by atoms with van der Waals surface area (Å²) in [5, 5.41) is 8.23. The average Bonchev–Trinajstić information content (AvgIpc) is 3.23. The van der Waals surface area contributed by atoms with E-state index in [4.69, 9.17) is 16.3 Å². The maximum atomic E-state index is 13.6. The number of ether oxygens (including phenoxy) is 1. The van der Waals surface area contributed by atoms with Gasteiger partial charge in [-0.15, -0.1) is 0 Å². The van der Waals surface area contributed by atoms with E-state index in [0.717, 1.165) is 28.4 Å². The van der Waals surface area contributed by atoms with Crippen molar-refractivity contribution in [1.82, 2.24) is 25.1 Å². The number of carbonyl (C=O) groups excluding carboxylic acids is 1. The quantitative estimate of drug-likeness (QED) is 0.409. The van der Waals surface area contributed by atoms with Gasteiger partial charge in [-0.2, -0.15) is 5.10 Å². The number of amides is 1. The number of hydrogen-bond acceptors (Lipinski definition) is 5. The van der Waals surface area contributed by atoms with Crippen LogP contribution in [-0.4, -0.2) is 25.7 Å². The maximum absolute atomic E-state index is 13.6. The minimum absolute atomic E-state index is 0.0642. The average molecular weight is 468 g/mol. The van der Waals surface area contributed by atoms with Crippen LogP contribution in [0.5, 0.6) is 5.75 Å². The van der Waals surface area contributed by atoms with Crippen LogP contribution in [0.15, 0.2) is 49.1 Å². The van der Waals surface area contributed by atoms with Gasteiger partial charge in [-0.05, 0) is 26.0 Å². The lowest BCUT2D eigenvalue weighted by Gasteiger charge is -2.19. The number of nitrogens with one attached hydrogen (secondary N) is 1. The molecule has 0 fully saturated rings. The second-order valence-corrected chi connectivity index (χ2v) is 8.07. The minimum atomic E-state index is -0.422. The van der Waals surface area contributed by atoms with Gasteiger partial charge in [-0.3, -0.25) is 9.78 Å². The van der Waals surface area contributed by atoms with Crippen molar-refractivity contribution in [2.45, 2.75) is 39.8 Å². The van der Waals surface area contributed by atoms with Gasteiger partial charge in [0.25, 0.3) is 0 Å². The Bertz CT molecular complexity index is 1320. The third-order valence-corrected chi connectivity index (χ3v) is 5.61. The summed E-state index contributed by atoms with van der Waals surface area (Å²) in [6.07, 6.45) is 6.09. The molecule has 1 aromatic carbocycles. The van der Waals surface area contributed by atoms with Crippen molar-refractivity contribution in [3.63, 3.8) is 0 Å². The molecule has 0 saturated carbocycles. The summed E-state index contributed by atoms with van der Waals surface area (Å²) in [5.41, 5.74) is 3.58. The van der Waals surface area contributed by atoms with E-state index >= 15 is 0 Å². The van der Waals surface area contributed by atoms with Gasteiger partial charge in [-0.25, -0.2) is 14.1 Å². The molecule has 0 bridgehead atoms. The number of halogens is 2. The van der Waals surface area contributed by atoms with E-state index in [0.29, 0.717) is 28.4 Å². The second kappa shape index (κ2) is 9.54. The van der Waals surface area contributed by atoms with Gasteiger partial charge < -0.3 is 10.1 Å². The molecule has 3 aromatic heterocycles. The van der Waals surface area contributed by atoms with Crippen molar-refractivity contribution in [3.8, 4) is 11.4 Å². The summed E-state index contributed by atoms with van der Waals surface area (Å²) in [7, 11) is 0. The lowest BCUT2D eigenvalue weighted by atomic mass is 10.0. The van der Waals surface area contributed by atoms with Crippen LogP contribution in [0.25, 0.3) is 16.6 Å². The van der Waals surface area contributed by atoms with E-state index in [1.807, 2.05) is 38.1 Å². The van der Waals surface area contributed by atoms with Crippen LogP contribution in [0.2, 0.25) is 5.02 Å². The van der Waals surface area contributed by atoms with E-state index in [1.54, 1.807) is 19.3 Å². The molecule has 1 atom stereocenters. The van der Waals surface area contributed by atoms with Gasteiger partial charge in [0.2, 0.25) is 5.91 Å². The summed E-state index contributed by atoms with van der Waals surface area (Å²) in [6.45, 7) is 5.69. The number of fused-ring (bicyclic) bond motifs is 1. The van der Waals surface area contributed by atoms with Crippen LogP contribution in [0.4, 0.5) is 4.39 Å². The Kier molecular flexibility index (Phi) is 6.55. The molecule has 1 unspecified atom stereocenters. The molecule has 170 valence electrons. The minimum Gasteiger partial charge on any atom is -0.487 e. The van der Waals surface area contributed by atoms with Gasteiger partial charge >= 0.3 is 0 Å². The molecule has 3 heterocycles. The molecule has 0 aliphatic carbocycles. The van der Waals surface area contributed by atoms with Crippen molar-refractivity contribution in [2.24, 2.45) is 0 Å². The van der Waals surface area contributed by atoms with Crippen LogP contribution < -0.4 is 10.1 Å². The van der Waals surface area contributed by atoms with Crippen LogP contribution in [0, 0.1) is 12.7 Å². The number of benzene rings is 1. The largest absolute Gasteiger partial charge is 0.487 e. The summed E-state index contributed by atoms with van der Waals surface area (Å²) < 4.78 is 21.2. The first-order chi connectivity index (χ1) is 15.9. The van der Waals surface area contributed by atoms with E-state index in [1.165, 1.54) is 10.9 Å². The fraction of sp³-hybridized carbons (Fsp3) is 0.250. The Labute approximate surface area is 195 Å². The highest BCUT2D eigenvalue weighted by atomic mass is 35.5. The van der Waals surface area contributed by atoms with Gasteiger partial charge in [0.15, 0.2) is 5.82 Å². The number of rotatable bonds is 7. The van der Waals surface area contributed by atoms with Gasteiger partial charge in [0.05, 0.1) is 29.1 Å². The van der Waals surface area contributed by atoms with Crippen LogP contribution >= 0.6 is 11.6 Å². The number of pyridine rings is 2. The molecule has 9 heteroatoms. The molecule has 0 spiro atoms. The van der Waals surface area contributed by atoms with E-state index in [-0.39, 0.29) is 18.6 Å². The zero-order valence-corrected chi connectivity index (χ0v) is 19.2. The van der Waals surface area contributed by atoms with Crippen LogP contribution in [0.1, 0.15) is 43.1 Å². The highest BCUT2D eigenvalue weighted by molar-refractivity contribution is 6.31. The van der Waals surface area contributed by atoms with E-state index in [2.05, 4.69) is 20.4 Å². The molecule has 4 aromatic rings. The molecule has 0 saturated heterocycles. The summed E-state index contributed by atoms with van der Waals surface area (Å²) in [6, 6.07) is 7.11. The third kappa shape index (κ3) is 4.80. The van der Waals surface area contributed by atoms with Gasteiger partial charge in [0, 0.05) is 41.0 Å². The van der Waals surface area contributed by atoms with E-state index in [9.17, 15) is 9.18 Å². The fourth-order valence-electron chi connectivity index (χ4n) is 3.64. The zero-order chi connectivity index (χ0) is 23.5. The molecule has 7 nitrogen and oxygen atoms in total. The molecule has 4 rings (SSSR count). The Balaban J connectivity index is 1.69. The molecule has 0 aliphatic heterocycles. The standard InChI is InChI=1S/C24H23ClFN5O2/c1-4-23(32)30-15(3)18-10-27-11-20(25)19(18)13-33-22-7-5-6-17-21(8-14(2)29-24(17)22)31-12-16(26)9-28-31/h5-12,15H,4,13H2,1-3H3,(H,30,32). The molecule has 33 heavy (non-hydrogen) atoms. The third-order valence-electron chi connectivity index (χ3n) is 5.28. The van der Waals surface area contributed by atoms with Crippen molar-refractivity contribution < 1.29 is 13.9 Å². The van der Waals surface area contributed by atoms with Crippen molar-refractivity contribution in [2.75, 3.05) is 0 Å². The SMILES string of the molecule is CCC(=O)NC(C)c1cncc(Cl)c1COc1cccc2c(-n3cc(F)cn3)cc(C)nc12. The summed E-state index contributed by atoms with van der Waals surface area (Å²) in [4.78, 5) is 20.7. The topological polar surface area (TPSA) is 81.9 Å². The second-order valence-electron chi connectivity index (χ2n) is 7.66. The number of hydrogen-bond donors (Lipinski definition) is 1. The predicted octanol–water partition coefficient (Wildman–Crippen LogP) is 5.08. The van der Waals surface area contributed by atoms with Gasteiger partial charge in [0.1, 0.15) is 17.9 Å². The zero-order valence-electron chi connectivity index (χ0n) is 18.5. The van der Waals surface area contributed by atoms with Crippen molar-refractivity contribution in [3.05, 3.63) is 76.7 Å². The van der Waals surface area contributed by atoms with Crippen LogP contribution in [-0.2, 0) is 11.4 Å². The highest BCUT2D eigenvalue weighted by Gasteiger charge is 2.18. The predicted molar refractivity (Wildman–Crippen MR) is 124 cm³/mol. The Morgan fingerprint density at radius 3 is 2.85 bits per heavy atom. The monoisotopic (exact) mass is 467 g/mol.